The Morgan fingerprint density at radius 2 is 1.71 bits per heavy atom. The lowest BCUT2D eigenvalue weighted by Gasteiger charge is -2.18. The Morgan fingerprint density at radius 1 is 1.04 bits per heavy atom. The molecule has 24 heavy (non-hydrogen) atoms. The fourth-order valence-corrected chi connectivity index (χ4v) is 2.26. The van der Waals surface area contributed by atoms with Gasteiger partial charge in [0.2, 0.25) is 0 Å². The maximum atomic E-state index is 12.2. The highest BCUT2D eigenvalue weighted by atomic mass is 16.5. The van der Waals surface area contributed by atoms with E-state index in [0.717, 1.165) is 5.56 Å². The largest absolute Gasteiger partial charge is 0.507 e. The number of benzene rings is 2. The van der Waals surface area contributed by atoms with E-state index < -0.39 is 18.0 Å². The number of phenols is 1. The lowest BCUT2D eigenvalue weighted by molar-refractivity contribution is -0.129. The number of rotatable bonds is 5. The Labute approximate surface area is 141 Å². The first kappa shape index (κ1) is 17.5. The summed E-state index contributed by atoms with van der Waals surface area (Å²) in [6, 6.07) is 14.1. The summed E-state index contributed by atoms with van der Waals surface area (Å²) in [7, 11) is 0. The van der Waals surface area contributed by atoms with Crippen LogP contribution < -0.4 is 5.32 Å². The molecule has 0 bridgehead atoms. The van der Waals surface area contributed by atoms with E-state index in [2.05, 4.69) is 5.32 Å². The number of carbonyl (C=O) groups is 2. The van der Waals surface area contributed by atoms with Crippen molar-refractivity contribution >= 4 is 11.9 Å². The molecule has 2 N–H and O–H groups in total. The zero-order valence-electron chi connectivity index (χ0n) is 13.9. The van der Waals surface area contributed by atoms with E-state index in [4.69, 9.17) is 4.74 Å². The maximum Gasteiger partial charge on any atom is 0.342 e. The summed E-state index contributed by atoms with van der Waals surface area (Å²) in [4.78, 5) is 24.3. The molecule has 0 heterocycles. The van der Waals surface area contributed by atoms with Gasteiger partial charge in [-0.05, 0) is 38.0 Å². The van der Waals surface area contributed by atoms with Crippen molar-refractivity contribution < 1.29 is 19.4 Å². The summed E-state index contributed by atoms with van der Waals surface area (Å²) in [6.07, 6.45) is -0.969. The first-order valence-corrected chi connectivity index (χ1v) is 7.75. The number of carbonyl (C=O) groups excluding carboxylic acids is 2. The molecule has 2 unspecified atom stereocenters. The molecule has 2 atom stereocenters. The molecule has 0 aliphatic heterocycles. The van der Waals surface area contributed by atoms with E-state index in [0.29, 0.717) is 5.56 Å². The highest BCUT2D eigenvalue weighted by Gasteiger charge is 2.22. The Morgan fingerprint density at radius 3 is 2.38 bits per heavy atom. The van der Waals surface area contributed by atoms with E-state index in [-0.39, 0.29) is 17.4 Å². The molecule has 5 heteroatoms. The number of hydrogen-bond donors (Lipinski definition) is 2. The van der Waals surface area contributed by atoms with Crippen molar-refractivity contribution in [3.8, 4) is 5.75 Å². The van der Waals surface area contributed by atoms with Crippen LogP contribution in [0.15, 0.2) is 48.5 Å². The van der Waals surface area contributed by atoms with Crippen molar-refractivity contribution in [3.63, 3.8) is 0 Å². The molecule has 2 aromatic carbocycles. The Balaban J connectivity index is 1.98. The van der Waals surface area contributed by atoms with E-state index >= 15 is 0 Å². The molecule has 0 saturated carbocycles. The summed E-state index contributed by atoms with van der Waals surface area (Å²) in [5.74, 6) is -1.26. The lowest BCUT2D eigenvalue weighted by atomic mass is 10.1. The molecule has 126 valence electrons. The minimum atomic E-state index is -0.969. The third-order valence-corrected chi connectivity index (χ3v) is 3.77. The molecule has 0 aromatic heterocycles. The molecular weight excluding hydrogens is 306 g/mol. The van der Waals surface area contributed by atoms with Crippen molar-refractivity contribution in [3.05, 3.63) is 65.2 Å². The van der Waals surface area contributed by atoms with Gasteiger partial charge in [0.1, 0.15) is 11.3 Å². The average Bonchev–Trinajstić information content (AvgIpc) is 2.57. The molecule has 0 spiro atoms. The average molecular weight is 327 g/mol. The number of amides is 1. The third-order valence-electron chi connectivity index (χ3n) is 3.77. The Hall–Kier alpha value is -2.82. The summed E-state index contributed by atoms with van der Waals surface area (Å²) >= 11 is 0. The Bertz CT molecular complexity index is 727. The fourth-order valence-electron chi connectivity index (χ4n) is 2.26. The van der Waals surface area contributed by atoms with Gasteiger partial charge in [-0.15, -0.1) is 0 Å². The molecule has 5 nitrogen and oxygen atoms in total. The van der Waals surface area contributed by atoms with Gasteiger partial charge in [0.25, 0.3) is 5.91 Å². The Kier molecular flexibility index (Phi) is 5.58. The second-order valence-electron chi connectivity index (χ2n) is 5.66. The zero-order chi connectivity index (χ0) is 17.7. The van der Waals surface area contributed by atoms with E-state index in [1.54, 1.807) is 19.1 Å². The normalized spacial score (nSPS) is 13.0. The highest BCUT2D eigenvalue weighted by Crippen LogP contribution is 2.22. The van der Waals surface area contributed by atoms with Crippen molar-refractivity contribution in [2.45, 2.75) is 32.9 Å². The summed E-state index contributed by atoms with van der Waals surface area (Å²) < 4.78 is 5.16. The van der Waals surface area contributed by atoms with Crippen molar-refractivity contribution in [2.24, 2.45) is 0 Å². The van der Waals surface area contributed by atoms with Gasteiger partial charge in [-0.1, -0.05) is 42.5 Å². The number of phenolic OH excluding ortho intramolecular Hbond substituents is 1. The topological polar surface area (TPSA) is 75.6 Å². The standard InChI is InChI=1S/C19H21NO4/c1-12-8-7-11-16(17(12)21)19(23)24-14(3)18(22)20-13(2)15-9-5-4-6-10-15/h4-11,13-14,21H,1-3H3,(H,20,22). The van der Waals surface area contributed by atoms with Gasteiger partial charge in [0.15, 0.2) is 6.10 Å². The van der Waals surface area contributed by atoms with Crippen molar-refractivity contribution in [2.75, 3.05) is 0 Å². The zero-order valence-corrected chi connectivity index (χ0v) is 13.9. The van der Waals surface area contributed by atoms with Crippen LogP contribution in [0.5, 0.6) is 5.75 Å². The first-order chi connectivity index (χ1) is 11.4. The first-order valence-electron chi connectivity index (χ1n) is 7.75. The van der Waals surface area contributed by atoms with Crippen LogP contribution in [0, 0.1) is 6.92 Å². The van der Waals surface area contributed by atoms with Gasteiger partial charge in [-0.25, -0.2) is 4.79 Å². The van der Waals surface area contributed by atoms with Gasteiger partial charge in [0, 0.05) is 0 Å². The number of esters is 1. The minimum Gasteiger partial charge on any atom is -0.507 e. The van der Waals surface area contributed by atoms with Crippen LogP contribution in [-0.2, 0) is 9.53 Å². The van der Waals surface area contributed by atoms with Crippen LogP contribution in [0.2, 0.25) is 0 Å². The summed E-state index contributed by atoms with van der Waals surface area (Å²) in [5, 5.41) is 12.7. The number of aromatic hydroxyl groups is 1. The molecule has 0 radical (unpaired) electrons. The van der Waals surface area contributed by atoms with E-state index in [1.165, 1.54) is 13.0 Å². The number of para-hydroxylation sites is 1. The van der Waals surface area contributed by atoms with Gasteiger partial charge >= 0.3 is 5.97 Å². The van der Waals surface area contributed by atoms with Gasteiger partial charge in [-0.3, -0.25) is 4.79 Å². The molecule has 0 aliphatic rings. The van der Waals surface area contributed by atoms with Gasteiger partial charge < -0.3 is 15.2 Å². The van der Waals surface area contributed by atoms with E-state index in [9.17, 15) is 14.7 Å². The highest BCUT2D eigenvalue weighted by molar-refractivity contribution is 5.95. The van der Waals surface area contributed by atoms with Crippen LogP contribution in [-0.4, -0.2) is 23.1 Å². The predicted molar refractivity (Wildman–Crippen MR) is 90.7 cm³/mol. The molecule has 1 amide bonds. The summed E-state index contributed by atoms with van der Waals surface area (Å²) in [5.41, 5.74) is 1.57. The predicted octanol–water partition coefficient (Wildman–Crippen LogP) is 3.12. The molecule has 2 rings (SSSR count). The maximum absolute atomic E-state index is 12.2. The van der Waals surface area contributed by atoms with E-state index in [1.807, 2.05) is 37.3 Å². The molecule has 0 saturated heterocycles. The molecule has 0 fully saturated rings. The van der Waals surface area contributed by atoms with Crippen LogP contribution in [0.4, 0.5) is 0 Å². The smallest absolute Gasteiger partial charge is 0.342 e. The SMILES string of the molecule is Cc1cccc(C(=O)OC(C)C(=O)NC(C)c2ccccc2)c1O. The van der Waals surface area contributed by atoms with Crippen LogP contribution in [0.1, 0.15) is 41.4 Å². The van der Waals surface area contributed by atoms with Crippen LogP contribution in [0.3, 0.4) is 0 Å². The molecular formula is C19H21NO4. The second-order valence-corrected chi connectivity index (χ2v) is 5.66. The number of nitrogens with one attached hydrogen (secondary N) is 1. The van der Waals surface area contributed by atoms with Crippen molar-refractivity contribution in [1.82, 2.24) is 5.32 Å². The third kappa shape index (κ3) is 4.13. The summed E-state index contributed by atoms with van der Waals surface area (Å²) in [6.45, 7) is 5.04. The van der Waals surface area contributed by atoms with Crippen molar-refractivity contribution in [1.29, 1.82) is 0 Å². The van der Waals surface area contributed by atoms with Gasteiger partial charge in [-0.2, -0.15) is 0 Å². The van der Waals surface area contributed by atoms with Crippen LogP contribution >= 0.6 is 0 Å². The monoisotopic (exact) mass is 327 g/mol. The second kappa shape index (κ2) is 7.64. The quantitative estimate of drug-likeness (QED) is 0.827. The minimum absolute atomic E-state index is 0.0470. The lowest BCUT2D eigenvalue weighted by Crippen LogP contribution is -2.37. The molecule has 0 aliphatic carbocycles. The van der Waals surface area contributed by atoms with Crippen LogP contribution in [0.25, 0.3) is 0 Å². The molecule has 2 aromatic rings. The fraction of sp³-hybridized carbons (Fsp3) is 0.263. The number of hydrogen-bond acceptors (Lipinski definition) is 4. The number of ether oxygens (including phenoxy) is 1. The number of aryl methyl sites for hydroxylation is 1. The van der Waals surface area contributed by atoms with Gasteiger partial charge in [0.05, 0.1) is 6.04 Å².